The quantitative estimate of drug-likeness (QED) is 0.570. The van der Waals surface area contributed by atoms with Crippen LogP contribution in [0.5, 0.6) is 0 Å². The number of amides is 1. The maximum absolute atomic E-state index is 12.1. The number of methoxy groups -OCH3 is 1. The molecule has 126 valence electrons. The van der Waals surface area contributed by atoms with Gasteiger partial charge in [0.15, 0.2) is 0 Å². The van der Waals surface area contributed by atoms with Crippen molar-refractivity contribution in [1.82, 2.24) is 10.0 Å². The molecule has 23 heavy (non-hydrogen) atoms. The zero-order chi connectivity index (χ0) is 17.1. The summed E-state index contributed by atoms with van der Waals surface area (Å²) in [4.78, 5) is 23.2. The van der Waals surface area contributed by atoms with E-state index in [0.717, 1.165) is 0 Å². The number of aliphatic carboxylic acids is 1. The van der Waals surface area contributed by atoms with Gasteiger partial charge in [0.2, 0.25) is 10.0 Å². The lowest BCUT2D eigenvalue weighted by Crippen LogP contribution is -2.43. The molecule has 1 amide bonds. The minimum Gasteiger partial charge on any atom is -0.480 e. The van der Waals surface area contributed by atoms with Crippen LogP contribution in [0.3, 0.4) is 0 Å². The highest BCUT2D eigenvalue weighted by Gasteiger charge is 2.51. The molecule has 2 rings (SSSR count). The third kappa shape index (κ3) is 4.06. The fourth-order valence-electron chi connectivity index (χ4n) is 1.97. The summed E-state index contributed by atoms with van der Waals surface area (Å²) in [5.41, 5.74) is -1.13. The summed E-state index contributed by atoms with van der Waals surface area (Å²) in [5, 5.41) is 11.5. The Hall–Kier alpha value is -1.97. The predicted octanol–water partition coefficient (Wildman–Crippen LogP) is -0.0417. The number of ether oxygens (including phenoxy) is 1. The summed E-state index contributed by atoms with van der Waals surface area (Å²) in [5.74, 6) is -1.70. The van der Waals surface area contributed by atoms with E-state index in [4.69, 9.17) is 9.84 Å². The highest BCUT2D eigenvalue weighted by molar-refractivity contribution is 7.89. The number of carboxylic acids is 1. The lowest BCUT2D eigenvalue weighted by atomic mass is 10.2. The molecule has 0 aromatic heterocycles. The number of sulfonamides is 1. The normalized spacial score (nSPS) is 15.9. The molecule has 1 aromatic carbocycles. The Balaban J connectivity index is 2.13. The van der Waals surface area contributed by atoms with Crippen LogP contribution in [0.25, 0.3) is 0 Å². The first-order chi connectivity index (χ1) is 10.8. The van der Waals surface area contributed by atoms with Gasteiger partial charge in [-0.25, -0.2) is 17.9 Å². The van der Waals surface area contributed by atoms with E-state index >= 15 is 0 Å². The van der Waals surface area contributed by atoms with Crippen LogP contribution in [-0.4, -0.2) is 51.2 Å². The number of hydrogen-bond acceptors (Lipinski definition) is 5. The maximum atomic E-state index is 12.1. The second kappa shape index (κ2) is 6.65. The van der Waals surface area contributed by atoms with E-state index in [1.54, 1.807) is 0 Å². The summed E-state index contributed by atoms with van der Waals surface area (Å²) in [6.45, 7) is 0.331. The number of carboxylic acid groups (broad SMARTS) is 1. The van der Waals surface area contributed by atoms with E-state index in [2.05, 4.69) is 10.0 Å². The first kappa shape index (κ1) is 17.4. The molecular weight excluding hydrogens is 324 g/mol. The lowest BCUT2D eigenvalue weighted by molar-refractivity contribution is -0.140. The molecule has 0 radical (unpaired) electrons. The molecule has 1 saturated carbocycles. The van der Waals surface area contributed by atoms with Gasteiger partial charge in [0, 0.05) is 19.2 Å². The van der Waals surface area contributed by atoms with E-state index in [1.807, 2.05) is 0 Å². The number of carbonyl (C=O) groups is 2. The van der Waals surface area contributed by atoms with Crippen molar-refractivity contribution in [3.63, 3.8) is 0 Å². The third-order valence-electron chi connectivity index (χ3n) is 3.52. The van der Waals surface area contributed by atoms with E-state index in [0.29, 0.717) is 12.8 Å². The fraction of sp³-hybridized carbons (Fsp3) is 0.429. The fourth-order valence-corrected chi connectivity index (χ4v) is 3.03. The summed E-state index contributed by atoms with van der Waals surface area (Å²) in [6, 6.07) is 5.43. The van der Waals surface area contributed by atoms with Crippen molar-refractivity contribution < 1.29 is 27.9 Å². The molecular formula is C14H18N2O6S. The van der Waals surface area contributed by atoms with E-state index < -0.39 is 27.4 Å². The molecule has 9 heteroatoms. The Bertz CT molecular complexity index is 712. The van der Waals surface area contributed by atoms with Gasteiger partial charge in [0.1, 0.15) is 5.54 Å². The summed E-state index contributed by atoms with van der Waals surface area (Å²) in [6.07, 6.45) is 0.731. The highest BCUT2D eigenvalue weighted by Crippen LogP contribution is 2.35. The van der Waals surface area contributed by atoms with Gasteiger partial charge in [-0.3, -0.25) is 4.79 Å². The summed E-state index contributed by atoms with van der Waals surface area (Å²) < 4.78 is 31.3. The molecule has 0 bridgehead atoms. The Labute approximate surface area is 133 Å². The number of hydrogen-bond donors (Lipinski definition) is 3. The molecule has 0 heterocycles. The molecule has 0 aliphatic heterocycles. The molecule has 8 nitrogen and oxygen atoms in total. The van der Waals surface area contributed by atoms with Gasteiger partial charge < -0.3 is 15.2 Å². The average Bonchev–Trinajstić information content (AvgIpc) is 3.28. The molecule has 0 atom stereocenters. The number of benzene rings is 1. The lowest BCUT2D eigenvalue weighted by Gasteiger charge is -2.13. The van der Waals surface area contributed by atoms with Gasteiger partial charge in [-0.2, -0.15) is 0 Å². The van der Waals surface area contributed by atoms with Crippen molar-refractivity contribution in [2.24, 2.45) is 0 Å². The number of rotatable bonds is 8. The van der Waals surface area contributed by atoms with Gasteiger partial charge in [-0.15, -0.1) is 0 Å². The van der Waals surface area contributed by atoms with E-state index in [9.17, 15) is 18.0 Å². The van der Waals surface area contributed by atoms with Gasteiger partial charge in [-0.05, 0) is 31.0 Å². The Morgan fingerprint density at radius 2 is 2.04 bits per heavy atom. The van der Waals surface area contributed by atoms with E-state index in [-0.39, 0.29) is 23.6 Å². The third-order valence-corrected chi connectivity index (χ3v) is 4.98. The van der Waals surface area contributed by atoms with Crippen molar-refractivity contribution in [3.05, 3.63) is 29.8 Å². The van der Waals surface area contributed by atoms with Gasteiger partial charge in [-0.1, -0.05) is 6.07 Å². The standard InChI is InChI=1S/C14H18N2O6S/c1-22-8-7-15-23(20,21)11-4-2-3-10(9-11)12(17)16-14(5-6-14)13(18)19/h2-4,9,15H,5-8H2,1H3,(H,16,17)(H,18,19). The van der Waals surface area contributed by atoms with Crippen LogP contribution in [0.15, 0.2) is 29.2 Å². The average molecular weight is 342 g/mol. The van der Waals surface area contributed by atoms with Crippen molar-refractivity contribution >= 4 is 21.9 Å². The SMILES string of the molecule is COCCNS(=O)(=O)c1cccc(C(=O)NC2(C(=O)O)CC2)c1. The zero-order valence-corrected chi connectivity index (χ0v) is 13.4. The first-order valence-electron chi connectivity index (χ1n) is 6.95. The number of carbonyl (C=O) groups excluding carboxylic acids is 1. The molecule has 1 aromatic rings. The van der Waals surface area contributed by atoms with Crippen LogP contribution in [0.2, 0.25) is 0 Å². The molecule has 1 aliphatic rings. The van der Waals surface area contributed by atoms with Gasteiger partial charge in [0.25, 0.3) is 5.91 Å². The highest BCUT2D eigenvalue weighted by atomic mass is 32.2. The van der Waals surface area contributed by atoms with Crippen LogP contribution in [-0.2, 0) is 19.6 Å². The van der Waals surface area contributed by atoms with Crippen LogP contribution < -0.4 is 10.0 Å². The van der Waals surface area contributed by atoms with E-state index in [1.165, 1.54) is 31.4 Å². The minimum absolute atomic E-state index is 0.0681. The summed E-state index contributed by atoms with van der Waals surface area (Å²) >= 11 is 0. The molecule has 1 fully saturated rings. The minimum atomic E-state index is -3.76. The van der Waals surface area contributed by atoms with Crippen molar-refractivity contribution in [2.45, 2.75) is 23.3 Å². The van der Waals surface area contributed by atoms with Crippen LogP contribution in [0.1, 0.15) is 23.2 Å². The predicted molar refractivity (Wildman–Crippen MR) is 80.6 cm³/mol. The van der Waals surface area contributed by atoms with Crippen LogP contribution in [0, 0.1) is 0 Å². The van der Waals surface area contributed by atoms with Crippen molar-refractivity contribution in [3.8, 4) is 0 Å². The smallest absolute Gasteiger partial charge is 0.329 e. The molecule has 1 aliphatic carbocycles. The van der Waals surface area contributed by atoms with Crippen molar-refractivity contribution in [2.75, 3.05) is 20.3 Å². The topological polar surface area (TPSA) is 122 Å². The Kier molecular flexibility index (Phi) is 5.03. The second-order valence-electron chi connectivity index (χ2n) is 5.26. The van der Waals surface area contributed by atoms with Crippen LogP contribution in [0.4, 0.5) is 0 Å². The number of nitrogens with one attached hydrogen (secondary N) is 2. The Morgan fingerprint density at radius 1 is 1.35 bits per heavy atom. The molecule has 3 N–H and O–H groups in total. The second-order valence-corrected chi connectivity index (χ2v) is 7.03. The molecule has 0 unspecified atom stereocenters. The first-order valence-corrected chi connectivity index (χ1v) is 8.44. The zero-order valence-electron chi connectivity index (χ0n) is 12.5. The molecule has 0 spiro atoms. The Morgan fingerprint density at radius 3 is 2.61 bits per heavy atom. The van der Waals surface area contributed by atoms with Crippen molar-refractivity contribution in [1.29, 1.82) is 0 Å². The van der Waals surface area contributed by atoms with Gasteiger partial charge in [0.05, 0.1) is 11.5 Å². The van der Waals surface area contributed by atoms with Gasteiger partial charge >= 0.3 is 5.97 Å². The largest absolute Gasteiger partial charge is 0.480 e. The monoisotopic (exact) mass is 342 g/mol. The molecule has 0 saturated heterocycles. The van der Waals surface area contributed by atoms with Crippen LogP contribution >= 0.6 is 0 Å². The summed E-state index contributed by atoms with van der Waals surface area (Å²) in [7, 11) is -2.31. The maximum Gasteiger partial charge on any atom is 0.329 e.